The zero-order valence-corrected chi connectivity index (χ0v) is 15.5. The molecule has 6 heteroatoms. The number of imidazole rings is 1. The summed E-state index contributed by atoms with van der Waals surface area (Å²) in [6, 6.07) is 7.71. The highest BCUT2D eigenvalue weighted by molar-refractivity contribution is 5.58. The third-order valence-corrected chi connectivity index (χ3v) is 5.26. The van der Waals surface area contributed by atoms with E-state index in [4.69, 9.17) is 15.7 Å². The fourth-order valence-corrected chi connectivity index (χ4v) is 3.41. The van der Waals surface area contributed by atoms with Crippen molar-refractivity contribution in [2.75, 3.05) is 12.3 Å². The lowest BCUT2D eigenvalue weighted by molar-refractivity contribution is 0.234. The monoisotopic (exact) mass is 348 g/mol. The molecule has 0 saturated heterocycles. The highest BCUT2D eigenvalue weighted by Crippen LogP contribution is 2.23. The topological polar surface area (TPSA) is 72.9 Å². The molecule has 3 aromatic rings. The molecule has 0 atom stereocenters. The Morgan fingerprint density at radius 1 is 1.12 bits per heavy atom. The number of aryl methyl sites for hydroxylation is 1. The predicted octanol–water partition coefficient (Wildman–Crippen LogP) is 2.63. The first-order valence-corrected chi connectivity index (χ1v) is 8.93. The average Bonchev–Trinajstić information content (AvgIpc) is 2.89. The van der Waals surface area contributed by atoms with E-state index < -0.39 is 0 Å². The fraction of sp³-hybridized carbons (Fsp3) is 0.350. The fourth-order valence-electron chi connectivity index (χ4n) is 3.41. The Morgan fingerprint density at radius 3 is 2.58 bits per heavy atom. The van der Waals surface area contributed by atoms with Crippen LogP contribution in [0.5, 0.6) is 0 Å². The highest BCUT2D eigenvalue weighted by atomic mass is 15.2. The largest absolute Gasteiger partial charge is 0.399 e. The van der Waals surface area contributed by atoms with Gasteiger partial charge in [0.1, 0.15) is 5.82 Å². The van der Waals surface area contributed by atoms with Crippen molar-refractivity contribution in [2.45, 2.75) is 33.4 Å². The van der Waals surface area contributed by atoms with Crippen LogP contribution in [-0.4, -0.2) is 31.0 Å². The molecule has 2 N–H and O–H groups in total. The number of fused-ring (bicyclic) bond motifs is 1. The maximum absolute atomic E-state index is 5.76. The van der Waals surface area contributed by atoms with Crippen molar-refractivity contribution in [2.24, 2.45) is 7.05 Å². The maximum Gasteiger partial charge on any atom is 0.159 e. The summed E-state index contributed by atoms with van der Waals surface area (Å²) in [5.74, 6) is 1.88. The third kappa shape index (κ3) is 3.08. The molecule has 0 unspecified atom stereocenters. The molecule has 3 heterocycles. The molecule has 1 aliphatic rings. The second-order valence-electron chi connectivity index (χ2n) is 7.01. The van der Waals surface area contributed by atoms with Gasteiger partial charge in [-0.05, 0) is 38.1 Å². The second kappa shape index (κ2) is 6.53. The van der Waals surface area contributed by atoms with Gasteiger partial charge in [0.25, 0.3) is 0 Å². The Hall–Kier alpha value is -2.73. The summed E-state index contributed by atoms with van der Waals surface area (Å²) in [5.41, 5.74) is 12.2. The van der Waals surface area contributed by atoms with Crippen molar-refractivity contribution in [1.29, 1.82) is 0 Å². The van der Waals surface area contributed by atoms with Crippen LogP contribution in [0.25, 0.3) is 11.4 Å². The first-order valence-electron chi connectivity index (χ1n) is 8.93. The van der Waals surface area contributed by atoms with Crippen LogP contribution in [0.1, 0.15) is 28.5 Å². The standard InChI is InChI=1S/C20H24N6/c1-13-14(2)25(3)19(23-13)12-26-9-8-18-16(11-26)10-22-20(24-18)15-4-6-17(21)7-5-15/h4-7,10H,8-9,11-12,21H2,1-3H3. The summed E-state index contributed by atoms with van der Waals surface area (Å²) in [7, 11) is 2.09. The van der Waals surface area contributed by atoms with Gasteiger partial charge in [-0.2, -0.15) is 0 Å². The lowest BCUT2D eigenvalue weighted by Gasteiger charge is -2.27. The zero-order valence-electron chi connectivity index (χ0n) is 15.5. The summed E-state index contributed by atoms with van der Waals surface area (Å²) in [4.78, 5) is 16.5. The molecule has 1 aliphatic heterocycles. The molecular weight excluding hydrogens is 324 g/mol. The molecule has 0 fully saturated rings. The lowest BCUT2D eigenvalue weighted by Crippen LogP contribution is -2.31. The Labute approximate surface area is 153 Å². The van der Waals surface area contributed by atoms with Crippen molar-refractivity contribution in [3.63, 3.8) is 0 Å². The van der Waals surface area contributed by atoms with Crippen LogP contribution < -0.4 is 5.73 Å². The molecule has 0 saturated carbocycles. The Morgan fingerprint density at radius 2 is 1.88 bits per heavy atom. The van der Waals surface area contributed by atoms with Crippen LogP contribution in [0.4, 0.5) is 5.69 Å². The van der Waals surface area contributed by atoms with Crippen molar-refractivity contribution in [3.05, 3.63) is 58.9 Å². The van der Waals surface area contributed by atoms with Gasteiger partial charge < -0.3 is 10.3 Å². The summed E-state index contributed by atoms with van der Waals surface area (Å²) in [5, 5.41) is 0. The number of nitrogen functional groups attached to an aromatic ring is 1. The molecular formula is C20H24N6. The maximum atomic E-state index is 5.76. The van der Waals surface area contributed by atoms with Crippen LogP contribution in [0.3, 0.4) is 0 Å². The number of nitrogens with zero attached hydrogens (tertiary/aromatic N) is 5. The van der Waals surface area contributed by atoms with E-state index in [0.717, 1.165) is 60.3 Å². The van der Waals surface area contributed by atoms with Crippen molar-refractivity contribution >= 4 is 5.69 Å². The molecule has 134 valence electrons. The normalized spacial score (nSPS) is 14.4. The van der Waals surface area contributed by atoms with Crippen molar-refractivity contribution in [1.82, 2.24) is 24.4 Å². The van der Waals surface area contributed by atoms with E-state index in [0.29, 0.717) is 0 Å². The minimum Gasteiger partial charge on any atom is -0.399 e. The quantitative estimate of drug-likeness (QED) is 0.737. The van der Waals surface area contributed by atoms with Gasteiger partial charge in [0, 0.05) is 55.3 Å². The van der Waals surface area contributed by atoms with Gasteiger partial charge in [0.05, 0.1) is 17.9 Å². The van der Waals surface area contributed by atoms with Crippen LogP contribution in [0.2, 0.25) is 0 Å². The van der Waals surface area contributed by atoms with E-state index in [1.165, 1.54) is 11.3 Å². The summed E-state index contributed by atoms with van der Waals surface area (Å²) in [6.45, 7) is 6.88. The number of hydrogen-bond donors (Lipinski definition) is 1. The van der Waals surface area contributed by atoms with Crippen molar-refractivity contribution in [3.8, 4) is 11.4 Å². The Balaban J connectivity index is 1.52. The number of hydrogen-bond acceptors (Lipinski definition) is 5. The second-order valence-corrected chi connectivity index (χ2v) is 7.01. The molecule has 0 spiro atoms. The summed E-state index contributed by atoms with van der Waals surface area (Å²) < 4.78 is 2.19. The van der Waals surface area contributed by atoms with Crippen LogP contribution in [0.15, 0.2) is 30.5 Å². The summed E-state index contributed by atoms with van der Waals surface area (Å²) in [6.07, 6.45) is 2.90. The summed E-state index contributed by atoms with van der Waals surface area (Å²) >= 11 is 0. The Bertz CT molecular complexity index is 942. The molecule has 26 heavy (non-hydrogen) atoms. The van der Waals surface area contributed by atoms with E-state index in [-0.39, 0.29) is 0 Å². The van der Waals surface area contributed by atoms with Crippen LogP contribution >= 0.6 is 0 Å². The van der Waals surface area contributed by atoms with Gasteiger partial charge in [0.2, 0.25) is 0 Å². The molecule has 2 aromatic heterocycles. The van der Waals surface area contributed by atoms with E-state index in [9.17, 15) is 0 Å². The number of aromatic nitrogens is 4. The smallest absolute Gasteiger partial charge is 0.159 e. The SMILES string of the molecule is Cc1nc(CN2CCc3nc(-c4ccc(N)cc4)ncc3C2)n(C)c1C. The van der Waals surface area contributed by atoms with Gasteiger partial charge in [-0.1, -0.05) is 0 Å². The van der Waals surface area contributed by atoms with E-state index in [1.807, 2.05) is 30.5 Å². The average molecular weight is 348 g/mol. The van der Waals surface area contributed by atoms with E-state index in [1.54, 1.807) is 0 Å². The van der Waals surface area contributed by atoms with Gasteiger partial charge in [-0.15, -0.1) is 0 Å². The third-order valence-electron chi connectivity index (χ3n) is 5.26. The first kappa shape index (κ1) is 16.7. The van der Waals surface area contributed by atoms with Gasteiger partial charge >= 0.3 is 0 Å². The molecule has 0 bridgehead atoms. The van der Waals surface area contributed by atoms with E-state index in [2.05, 4.69) is 35.3 Å². The van der Waals surface area contributed by atoms with Crippen molar-refractivity contribution < 1.29 is 0 Å². The zero-order chi connectivity index (χ0) is 18.3. The lowest BCUT2D eigenvalue weighted by atomic mass is 10.1. The van der Waals surface area contributed by atoms with Gasteiger partial charge in [-0.3, -0.25) is 4.90 Å². The van der Waals surface area contributed by atoms with Gasteiger partial charge in [0.15, 0.2) is 5.82 Å². The molecule has 6 nitrogen and oxygen atoms in total. The minimum atomic E-state index is 0.752. The van der Waals surface area contributed by atoms with Gasteiger partial charge in [-0.25, -0.2) is 15.0 Å². The molecule has 4 rings (SSSR count). The number of benzene rings is 1. The first-order chi connectivity index (χ1) is 12.5. The molecule has 0 radical (unpaired) electrons. The molecule has 1 aromatic carbocycles. The molecule has 0 amide bonds. The van der Waals surface area contributed by atoms with Crippen LogP contribution in [0, 0.1) is 13.8 Å². The Kier molecular flexibility index (Phi) is 4.20. The highest BCUT2D eigenvalue weighted by Gasteiger charge is 2.20. The predicted molar refractivity (Wildman–Crippen MR) is 102 cm³/mol. The number of nitrogens with two attached hydrogens (primary N) is 1. The minimum absolute atomic E-state index is 0.752. The van der Waals surface area contributed by atoms with E-state index >= 15 is 0 Å². The number of rotatable bonds is 3. The molecule has 0 aliphatic carbocycles. The number of anilines is 1. The van der Waals surface area contributed by atoms with Crippen LogP contribution in [-0.2, 0) is 26.6 Å².